The summed E-state index contributed by atoms with van der Waals surface area (Å²) in [5, 5.41) is 3.35. The second-order valence-corrected chi connectivity index (χ2v) is 4.96. The minimum Gasteiger partial charge on any atom is -0.316 e. The van der Waals surface area contributed by atoms with Gasteiger partial charge in [-0.3, -0.25) is 9.55 Å². The second kappa shape index (κ2) is 4.17. The third kappa shape index (κ3) is 1.71. The van der Waals surface area contributed by atoms with Gasteiger partial charge in [0, 0.05) is 30.0 Å². The van der Waals surface area contributed by atoms with E-state index in [0.717, 1.165) is 25.2 Å². The van der Waals surface area contributed by atoms with Crippen LogP contribution in [0.1, 0.15) is 19.0 Å². The van der Waals surface area contributed by atoms with Gasteiger partial charge < -0.3 is 5.32 Å². The van der Waals surface area contributed by atoms with Crippen molar-refractivity contribution in [2.75, 3.05) is 13.1 Å². The largest absolute Gasteiger partial charge is 0.316 e. The number of nitrogens with one attached hydrogen (secondary N) is 1. The van der Waals surface area contributed by atoms with Crippen molar-refractivity contribution in [3.63, 3.8) is 0 Å². The minimum atomic E-state index is -0.327. The molecule has 1 saturated heterocycles. The Morgan fingerprint density at radius 1 is 1.39 bits per heavy atom. The molecule has 3 rings (SSSR count). The summed E-state index contributed by atoms with van der Waals surface area (Å²) < 4.78 is 15.6. The Kier molecular flexibility index (Phi) is 2.63. The summed E-state index contributed by atoms with van der Waals surface area (Å²) in [5.41, 5.74) is 1.55. The molecule has 1 aliphatic rings. The lowest BCUT2D eigenvalue weighted by Gasteiger charge is -2.24. The van der Waals surface area contributed by atoms with Crippen LogP contribution in [0.4, 0.5) is 4.39 Å². The molecule has 94 valence electrons. The van der Waals surface area contributed by atoms with Crippen LogP contribution < -0.4 is 5.32 Å². The Morgan fingerprint density at radius 3 is 3.00 bits per heavy atom. The standard InChI is InChI=1S/C13H15FN4/c1-13(3-5-16-8-13)12-7-17-9-18(12)11-2-4-15-6-10(11)14/h2,4,6-7,9,16H,3,5,8H2,1H3. The summed E-state index contributed by atoms with van der Waals surface area (Å²) in [6, 6.07) is 1.67. The highest BCUT2D eigenvalue weighted by Gasteiger charge is 2.33. The molecule has 1 fully saturated rings. The Bertz CT molecular complexity index is 558. The van der Waals surface area contributed by atoms with E-state index in [-0.39, 0.29) is 11.2 Å². The first kappa shape index (κ1) is 11.3. The van der Waals surface area contributed by atoms with Gasteiger partial charge in [-0.15, -0.1) is 0 Å². The van der Waals surface area contributed by atoms with Crippen molar-refractivity contribution < 1.29 is 4.39 Å². The van der Waals surface area contributed by atoms with E-state index in [1.54, 1.807) is 18.6 Å². The molecule has 0 bridgehead atoms. The van der Waals surface area contributed by atoms with Crippen molar-refractivity contribution in [3.8, 4) is 5.69 Å². The normalized spacial score (nSPS) is 23.4. The number of imidazole rings is 1. The van der Waals surface area contributed by atoms with E-state index in [0.29, 0.717) is 5.69 Å². The summed E-state index contributed by atoms with van der Waals surface area (Å²) in [6.45, 7) is 4.06. The van der Waals surface area contributed by atoms with Crippen molar-refractivity contribution in [1.29, 1.82) is 0 Å². The summed E-state index contributed by atoms with van der Waals surface area (Å²) in [6.07, 6.45) is 7.35. The zero-order chi connectivity index (χ0) is 12.6. The third-order valence-electron chi connectivity index (χ3n) is 3.64. The highest BCUT2D eigenvalue weighted by molar-refractivity contribution is 5.35. The molecule has 0 aliphatic carbocycles. The molecular formula is C13H15FN4. The predicted octanol–water partition coefficient (Wildman–Crippen LogP) is 1.66. The molecule has 1 atom stereocenters. The van der Waals surface area contributed by atoms with E-state index in [1.165, 1.54) is 6.20 Å². The number of halogens is 1. The van der Waals surface area contributed by atoms with Crippen LogP contribution in [0.3, 0.4) is 0 Å². The fraction of sp³-hybridized carbons (Fsp3) is 0.385. The Labute approximate surface area is 105 Å². The Morgan fingerprint density at radius 2 is 2.28 bits per heavy atom. The van der Waals surface area contributed by atoms with Gasteiger partial charge in [-0.05, 0) is 19.0 Å². The molecule has 1 unspecified atom stereocenters. The molecule has 0 amide bonds. The lowest BCUT2D eigenvalue weighted by molar-refractivity contribution is 0.495. The van der Waals surface area contributed by atoms with Crippen LogP contribution in [-0.2, 0) is 5.41 Å². The van der Waals surface area contributed by atoms with Crippen LogP contribution in [0.2, 0.25) is 0 Å². The lowest BCUT2D eigenvalue weighted by atomic mass is 9.86. The third-order valence-corrected chi connectivity index (χ3v) is 3.64. The van der Waals surface area contributed by atoms with Crippen LogP contribution in [-0.4, -0.2) is 27.6 Å². The van der Waals surface area contributed by atoms with Crippen molar-refractivity contribution in [3.05, 3.63) is 42.5 Å². The molecule has 0 radical (unpaired) electrons. The maximum absolute atomic E-state index is 13.8. The van der Waals surface area contributed by atoms with Gasteiger partial charge in [0.05, 0.1) is 18.2 Å². The fourth-order valence-corrected chi connectivity index (χ4v) is 2.53. The van der Waals surface area contributed by atoms with Crippen molar-refractivity contribution in [1.82, 2.24) is 19.9 Å². The van der Waals surface area contributed by atoms with Crippen molar-refractivity contribution in [2.45, 2.75) is 18.8 Å². The second-order valence-electron chi connectivity index (χ2n) is 4.96. The van der Waals surface area contributed by atoms with Gasteiger partial charge in [-0.25, -0.2) is 9.37 Å². The summed E-state index contributed by atoms with van der Waals surface area (Å²) in [5.74, 6) is -0.327. The van der Waals surface area contributed by atoms with Crippen LogP contribution >= 0.6 is 0 Å². The highest BCUT2D eigenvalue weighted by Crippen LogP contribution is 2.31. The smallest absolute Gasteiger partial charge is 0.165 e. The van der Waals surface area contributed by atoms with Gasteiger partial charge in [0.1, 0.15) is 0 Å². The maximum atomic E-state index is 13.8. The fourth-order valence-electron chi connectivity index (χ4n) is 2.53. The molecule has 1 aliphatic heterocycles. The van der Waals surface area contributed by atoms with Crippen LogP contribution in [0.15, 0.2) is 31.0 Å². The number of hydrogen-bond donors (Lipinski definition) is 1. The molecule has 5 heteroatoms. The predicted molar refractivity (Wildman–Crippen MR) is 66.2 cm³/mol. The molecule has 4 nitrogen and oxygen atoms in total. The van der Waals surface area contributed by atoms with Gasteiger partial charge in [-0.1, -0.05) is 6.92 Å². The zero-order valence-corrected chi connectivity index (χ0v) is 10.2. The zero-order valence-electron chi connectivity index (χ0n) is 10.2. The lowest BCUT2D eigenvalue weighted by Crippen LogP contribution is -2.27. The molecule has 1 N–H and O–H groups in total. The van der Waals surface area contributed by atoms with Gasteiger partial charge >= 0.3 is 0 Å². The first-order valence-corrected chi connectivity index (χ1v) is 6.04. The minimum absolute atomic E-state index is 0.00616. The summed E-state index contributed by atoms with van der Waals surface area (Å²) in [7, 11) is 0. The first-order chi connectivity index (χ1) is 8.71. The average molecular weight is 246 g/mol. The molecular weight excluding hydrogens is 231 g/mol. The highest BCUT2D eigenvalue weighted by atomic mass is 19.1. The van der Waals surface area contributed by atoms with Crippen LogP contribution in [0, 0.1) is 5.82 Å². The summed E-state index contributed by atoms with van der Waals surface area (Å²) in [4.78, 5) is 7.96. The van der Waals surface area contributed by atoms with E-state index in [2.05, 4.69) is 22.2 Å². The molecule has 2 aromatic rings. The monoisotopic (exact) mass is 246 g/mol. The SMILES string of the molecule is CC1(c2cncn2-c2ccncc2F)CCNC1. The van der Waals surface area contributed by atoms with E-state index in [9.17, 15) is 4.39 Å². The van der Waals surface area contributed by atoms with E-state index < -0.39 is 0 Å². The van der Waals surface area contributed by atoms with Gasteiger partial charge in [0.15, 0.2) is 5.82 Å². The molecule has 0 saturated carbocycles. The molecule has 2 aromatic heterocycles. The van der Waals surface area contributed by atoms with Gasteiger partial charge in [-0.2, -0.15) is 0 Å². The maximum Gasteiger partial charge on any atom is 0.165 e. The molecule has 3 heterocycles. The van der Waals surface area contributed by atoms with Crippen LogP contribution in [0.25, 0.3) is 5.69 Å². The van der Waals surface area contributed by atoms with Gasteiger partial charge in [0.2, 0.25) is 0 Å². The topological polar surface area (TPSA) is 42.7 Å². The number of rotatable bonds is 2. The van der Waals surface area contributed by atoms with E-state index >= 15 is 0 Å². The number of pyridine rings is 1. The van der Waals surface area contributed by atoms with Crippen molar-refractivity contribution >= 4 is 0 Å². The van der Waals surface area contributed by atoms with Crippen molar-refractivity contribution in [2.24, 2.45) is 0 Å². The number of nitrogens with zero attached hydrogens (tertiary/aromatic N) is 3. The van der Waals surface area contributed by atoms with E-state index in [1.807, 2.05) is 10.8 Å². The Hall–Kier alpha value is -1.75. The number of hydrogen-bond acceptors (Lipinski definition) is 3. The van der Waals surface area contributed by atoms with E-state index in [4.69, 9.17) is 0 Å². The quantitative estimate of drug-likeness (QED) is 0.876. The average Bonchev–Trinajstić information content (AvgIpc) is 2.99. The van der Waals surface area contributed by atoms with Gasteiger partial charge in [0.25, 0.3) is 0 Å². The molecule has 0 aromatic carbocycles. The summed E-state index contributed by atoms with van der Waals surface area (Å²) >= 11 is 0. The molecule has 0 spiro atoms. The van der Waals surface area contributed by atoms with Crippen LogP contribution in [0.5, 0.6) is 0 Å². The first-order valence-electron chi connectivity index (χ1n) is 6.04. The molecule has 18 heavy (non-hydrogen) atoms. The number of aromatic nitrogens is 3. The Balaban J connectivity index is 2.10.